The number of carbonyl (C=O) groups is 1. The van der Waals surface area contributed by atoms with E-state index in [9.17, 15) is 28.2 Å². The third-order valence-corrected chi connectivity index (χ3v) is 4.37. The first-order chi connectivity index (χ1) is 12.9. The van der Waals surface area contributed by atoms with E-state index in [-0.39, 0.29) is 18.1 Å². The van der Waals surface area contributed by atoms with Crippen LogP contribution in [0, 0.1) is 0 Å². The molecule has 0 aromatic heterocycles. The van der Waals surface area contributed by atoms with Gasteiger partial charge < -0.3 is 14.9 Å². The Morgan fingerprint density at radius 3 is 2.11 bits per heavy atom. The maximum Gasteiger partial charge on any atom is 0.416 e. The summed E-state index contributed by atoms with van der Waals surface area (Å²) in [5.74, 6) is -1.11. The summed E-state index contributed by atoms with van der Waals surface area (Å²) < 4.78 is 44.4. The number of carboxylic acids is 1. The number of hydrogen-bond donors (Lipinski definition) is 2. The lowest BCUT2D eigenvalue weighted by atomic mass is 9.86. The number of aliphatic hydroxyl groups is 1. The van der Waals surface area contributed by atoms with Crippen molar-refractivity contribution in [3.63, 3.8) is 0 Å². The van der Waals surface area contributed by atoms with Crippen LogP contribution in [0.15, 0.2) is 48.5 Å². The summed E-state index contributed by atoms with van der Waals surface area (Å²) in [6, 6.07) is 11.0. The SMILES string of the molecule is CC(C)OC(Cc1cccc(C(C)(O)c2cccc(C(F)(F)F)c2)c1)C(=O)O. The summed E-state index contributed by atoms with van der Waals surface area (Å²) >= 11 is 0. The zero-order valence-corrected chi connectivity index (χ0v) is 15.8. The standard InChI is InChI=1S/C21H23F3O4/c1-13(2)28-18(19(25)26)11-14-6-4-7-15(10-14)20(3,27)16-8-5-9-17(12-16)21(22,23)24/h4-10,12-13,18,27H,11H2,1-3H3,(H,25,26). The van der Waals surface area contributed by atoms with Gasteiger partial charge in [-0.1, -0.05) is 36.4 Å². The van der Waals surface area contributed by atoms with E-state index in [4.69, 9.17) is 4.74 Å². The van der Waals surface area contributed by atoms with Crippen molar-refractivity contribution in [2.45, 2.75) is 51.2 Å². The van der Waals surface area contributed by atoms with Gasteiger partial charge in [0.25, 0.3) is 0 Å². The fourth-order valence-corrected chi connectivity index (χ4v) is 2.90. The first-order valence-corrected chi connectivity index (χ1v) is 8.79. The molecule has 0 fully saturated rings. The summed E-state index contributed by atoms with van der Waals surface area (Å²) in [6.07, 6.45) is -5.79. The van der Waals surface area contributed by atoms with E-state index in [2.05, 4.69) is 0 Å². The number of benzene rings is 2. The Balaban J connectivity index is 2.35. The molecule has 0 aliphatic heterocycles. The van der Waals surface area contributed by atoms with Gasteiger partial charge in [0.15, 0.2) is 6.10 Å². The van der Waals surface area contributed by atoms with Gasteiger partial charge in [0.2, 0.25) is 0 Å². The van der Waals surface area contributed by atoms with E-state index in [1.54, 1.807) is 38.1 Å². The van der Waals surface area contributed by atoms with E-state index >= 15 is 0 Å². The Labute approximate surface area is 161 Å². The monoisotopic (exact) mass is 396 g/mol. The Bertz CT molecular complexity index is 828. The quantitative estimate of drug-likeness (QED) is 0.729. The first-order valence-electron chi connectivity index (χ1n) is 8.79. The molecule has 152 valence electrons. The maximum absolute atomic E-state index is 13.0. The average Bonchev–Trinajstić information content (AvgIpc) is 2.60. The van der Waals surface area contributed by atoms with Crippen LogP contribution in [0.4, 0.5) is 13.2 Å². The predicted molar refractivity (Wildman–Crippen MR) is 97.9 cm³/mol. The number of carboxylic acid groups (broad SMARTS) is 1. The predicted octanol–water partition coefficient (Wildman–Crippen LogP) is 4.38. The van der Waals surface area contributed by atoms with Crippen LogP contribution >= 0.6 is 0 Å². The zero-order chi connectivity index (χ0) is 21.1. The van der Waals surface area contributed by atoms with Gasteiger partial charge in [0, 0.05) is 6.42 Å². The third kappa shape index (κ3) is 5.33. The van der Waals surface area contributed by atoms with E-state index in [1.165, 1.54) is 19.1 Å². The van der Waals surface area contributed by atoms with Crippen molar-refractivity contribution < 1.29 is 32.9 Å². The van der Waals surface area contributed by atoms with Crippen LogP contribution in [0.2, 0.25) is 0 Å². The van der Waals surface area contributed by atoms with Crippen molar-refractivity contribution in [1.82, 2.24) is 0 Å². The summed E-state index contributed by atoms with van der Waals surface area (Å²) in [7, 11) is 0. The van der Waals surface area contributed by atoms with Crippen LogP contribution in [-0.4, -0.2) is 28.4 Å². The van der Waals surface area contributed by atoms with Crippen molar-refractivity contribution in [2.24, 2.45) is 0 Å². The topological polar surface area (TPSA) is 66.8 Å². The van der Waals surface area contributed by atoms with Crippen molar-refractivity contribution in [1.29, 1.82) is 0 Å². The molecule has 2 unspecified atom stereocenters. The molecule has 0 aliphatic rings. The molecule has 4 nitrogen and oxygen atoms in total. The van der Waals surface area contributed by atoms with Gasteiger partial charge in [-0.25, -0.2) is 4.79 Å². The number of alkyl halides is 3. The molecule has 2 aromatic rings. The van der Waals surface area contributed by atoms with Gasteiger partial charge in [0.1, 0.15) is 5.60 Å². The molecule has 2 aromatic carbocycles. The molecule has 2 atom stereocenters. The minimum atomic E-state index is -4.52. The molecular formula is C21H23F3O4. The lowest BCUT2D eigenvalue weighted by Crippen LogP contribution is -2.29. The van der Waals surface area contributed by atoms with E-state index in [0.717, 1.165) is 12.1 Å². The largest absolute Gasteiger partial charge is 0.479 e. The summed E-state index contributed by atoms with van der Waals surface area (Å²) in [5, 5.41) is 20.3. The minimum Gasteiger partial charge on any atom is -0.479 e. The molecule has 0 aliphatic carbocycles. The van der Waals surface area contributed by atoms with Crippen LogP contribution in [-0.2, 0) is 27.7 Å². The number of halogens is 3. The highest BCUT2D eigenvalue weighted by atomic mass is 19.4. The molecule has 0 heterocycles. The van der Waals surface area contributed by atoms with Gasteiger partial charge in [0.05, 0.1) is 11.7 Å². The van der Waals surface area contributed by atoms with Gasteiger partial charge in [-0.2, -0.15) is 13.2 Å². The molecular weight excluding hydrogens is 373 g/mol. The Morgan fingerprint density at radius 1 is 1.04 bits per heavy atom. The van der Waals surface area contributed by atoms with Crippen LogP contribution in [0.1, 0.15) is 43.0 Å². The van der Waals surface area contributed by atoms with Crippen LogP contribution in [0.3, 0.4) is 0 Å². The van der Waals surface area contributed by atoms with Crippen LogP contribution in [0.25, 0.3) is 0 Å². The second-order valence-electron chi connectivity index (χ2n) is 7.07. The molecule has 2 rings (SSSR count). The smallest absolute Gasteiger partial charge is 0.416 e. The highest BCUT2D eigenvalue weighted by molar-refractivity contribution is 5.72. The van der Waals surface area contributed by atoms with E-state index in [1.807, 2.05) is 0 Å². The van der Waals surface area contributed by atoms with Crippen molar-refractivity contribution >= 4 is 5.97 Å². The van der Waals surface area contributed by atoms with Crippen LogP contribution < -0.4 is 0 Å². The lowest BCUT2D eigenvalue weighted by molar-refractivity contribution is -0.153. The van der Waals surface area contributed by atoms with Crippen molar-refractivity contribution in [3.05, 3.63) is 70.8 Å². The number of hydrogen-bond acceptors (Lipinski definition) is 3. The third-order valence-electron chi connectivity index (χ3n) is 4.37. The zero-order valence-electron chi connectivity index (χ0n) is 15.8. The highest BCUT2D eigenvalue weighted by Gasteiger charge is 2.33. The number of ether oxygens (including phenoxy) is 1. The second-order valence-corrected chi connectivity index (χ2v) is 7.07. The van der Waals surface area contributed by atoms with Crippen molar-refractivity contribution in [2.75, 3.05) is 0 Å². The summed E-state index contributed by atoms with van der Waals surface area (Å²) in [5.41, 5.74) is -1.49. The van der Waals surface area contributed by atoms with E-state index in [0.29, 0.717) is 11.1 Å². The summed E-state index contributed by atoms with van der Waals surface area (Å²) in [4.78, 5) is 11.4. The highest BCUT2D eigenvalue weighted by Crippen LogP contribution is 2.35. The second kappa shape index (κ2) is 8.32. The van der Waals surface area contributed by atoms with Gasteiger partial charge in [-0.15, -0.1) is 0 Å². The van der Waals surface area contributed by atoms with Crippen LogP contribution in [0.5, 0.6) is 0 Å². The van der Waals surface area contributed by atoms with Crippen molar-refractivity contribution in [3.8, 4) is 0 Å². The molecule has 0 saturated carbocycles. The molecule has 0 saturated heterocycles. The first kappa shape index (κ1) is 21.9. The number of rotatable bonds is 7. The molecule has 0 spiro atoms. The average molecular weight is 396 g/mol. The molecule has 28 heavy (non-hydrogen) atoms. The molecule has 0 radical (unpaired) electrons. The fourth-order valence-electron chi connectivity index (χ4n) is 2.90. The molecule has 7 heteroatoms. The number of aliphatic carboxylic acids is 1. The lowest BCUT2D eigenvalue weighted by Gasteiger charge is -2.26. The Morgan fingerprint density at radius 2 is 1.57 bits per heavy atom. The van der Waals surface area contributed by atoms with Gasteiger partial charge in [-0.3, -0.25) is 0 Å². The minimum absolute atomic E-state index is 0.0695. The maximum atomic E-state index is 13.0. The van der Waals surface area contributed by atoms with E-state index < -0.39 is 29.4 Å². The molecule has 2 N–H and O–H groups in total. The Kier molecular flexibility index (Phi) is 6.52. The van der Waals surface area contributed by atoms with Gasteiger partial charge in [-0.05, 0) is 49.6 Å². The Hall–Kier alpha value is -2.38. The molecule has 0 bridgehead atoms. The normalized spacial score (nSPS) is 15.3. The van der Waals surface area contributed by atoms with Gasteiger partial charge >= 0.3 is 12.1 Å². The molecule has 0 amide bonds. The fraction of sp³-hybridized carbons (Fsp3) is 0.381. The summed E-state index contributed by atoms with van der Waals surface area (Å²) in [6.45, 7) is 4.86.